The second kappa shape index (κ2) is 11.2. The fourth-order valence-corrected chi connectivity index (χ4v) is 3.32. The van der Waals surface area contributed by atoms with E-state index < -0.39 is 0 Å². The quantitative estimate of drug-likeness (QED) is 0.510. The van der Waals surface area contributed by atoms with Gasteiger partial charge in [-0.25, -0.2) is 0 Å². The van der Waals surface area contributed by atoms with Crippen LogP contribution in [0.5, 0.6) is 11.5 Å². The van der Waals surface area contributed by atoms with Crippen molar-refractivity contribution in [3.63, 3.8) is 0 Å². The monoisotopic (exact) mass is 412 g/mol. The van der Waals surface area contributed by atoms with Crippen molar-refractivity contribution in [2.24, 2.45) is 0 Å². The second-order valence-electron chi connectivity index (χ2n) is 7.30. The van der Waals surface area contributed by atoms with Crippen LogP contribution >= 0.6 is 0 Å². The number of carbonyl (C=O) groups excluding carboxylic acids is 2. The maximum atomic E-state index is 12.4. The topological polar surface area (TPSA) is 81.1 Å². The third-order valence-corrected chi connectivity index (χ3v) is 4.95. The zero-order valence-electron chi connectivity index (χ0n) is 17.4. The number of fused-ring (bicyclic) bond motifs is 1. The summed E-state index contributed by atoms with van der Waals surface area (Å²) >= 11 is 0. The first-order valence-corrected chi connectivity index (χ1v) is 10.5. The first-order valence-electron chi connectivity index (χ1n) is 10.5. The van der Waals surface area contributed by atoms with Crippen molar-refractivity contribution in [3.8, 4) is 11.5 Å². The Bertz CT molecular complexity index is 842. The molecule has 0 aliphatic carbocycles. The van der Waals surface area contributed by atoms with Crippen molar-refractivity contribution in [1.29, 1.82) is 0 Å². The fraction of sp³-hybridized carbons (Fsp3) is 0.391. The van der Waals surface area contributed by atoms with Crippen LogP contribution in [0.25, 0.3) is 0 Å². The molecule has 0 fully saturated rings. The van der Waals surface area contributed by atoms with Crippen LogP contribution in [0.2, 0.25) is 0 Å². The molecule has 160 valence electrons. The van der Waals surface area contributed by atoms with Crippen LogP contribution in [-0.4, -0.2) is 51.2 Å². The number of nitrogens with one attached hydrogen (secondary N) is 3. The molecule has 0 saturated carbocycles. The predicted molar refractivity (Wildman–Crippen MR) is 115 cm³/mol. The Morgan fingerprint density at radius 1 is 0.967 bits per heavy atom. The van der Waals surface area contributed by atoms with Gasteiger partial charge in [-0.3, -0.25) is 9.59 Å². The van der Waals surface area contributed by atoms with Crippen LogP contribution in [0.15, 0.2) is 48.5 Å². The largest absolute Gasteiger partial charge is 0.486 e. The molecule has 3 rings (SSSR count). The number of carbonyl (C=O) groups is 2. The second-order valence-corrected chi connectivity index (χ2v) is 7.30. The van der Waals surface area contributed by atoms with Gasteiger partial charge in [-0.15, -0.1) is 0 Å². The van der Waals surface area contributed by atoms with Crippen molar-refractivity contribution in [3.05, 3.63) is 54.1 Å². The Morgan fingerprint density at radius 2 is 1.70 bits per heavy atom. The van der Waals surface area contributed by atoms with Crippen molar-refractivity contribution < 1.29 is 24.0 Å². The van der Waals surface area contributed by atoms with E-state index in [-0.39, 0.29) is 24.9 Å². The number of anilines is 1. The van der Waals surface area contributed by atoms with E-state index in [0.29, 0.717) is 43.5 Å². The Hall–Kier alpha value is -3.06. The van der Waals surface area contributed by atoms with Gasteiger partial charge in [-0.2, -0.15) is 0 Å². The average molecular weight is 413 g/mol. The number of likely N-dealkylation sites (N-methyl/N-ethyl adjacent to an activating group) is 1. The van der Waals surface area contributed by atoms with Crippen molar-refractivity contribution in [2.75, 3.05) is 44.7 Å². The number of benzene rings is 2. The molecule has 7 heteroatoms. The summed E-state index contributed by atoms with van der Waals surface area (Å²) < 4.78 is 11.0. The van der Waals surface area contributed by atoms with Gasteiger partial charge in [0.2, 0.25) is 0 Å². The molecule has 30 heavy (non-hydrogen) atoms. The zero-order valence-corrected chi connectivity index (χ0v) is 17.4. The minimum Gasteiger partial charge on any atom is -0.486 e. The van der Waals surface area contributed by atoms with Gasteiger partial charge in [-0.05, 0) is 37.5 Å². The van der Waals surface area contributed by atoms with E-state index in [2.05, 4.69) is 22.8 Å². The lowest BCUT2D eigenvalue weighted by atomic mass is 10.1. The normalized spacial score (nSPS) is 13.4. The highest BCUT2D eigenvalue weighted by Gasteiger charge is 2.18. The number of hydrogen-bond donors (Lipinski definition) is 3. The molecule has 0 bridgehead atoms. The molecule has 1 heterocycles. The van der Waals surface area contributed by atoms with Crippen LogP contribution < -0.4 is 25.0 Å². The maximum Gasteiger partial charge on any atom is 0.279 e. The van der Waals surface area contributed by atoms with Gasteiger partial charge >= 0.3 is 0 Å². The minimum absolute atomic E-state index is 0.0351. The number of amides is 2. The van der Waals surface area contributed by atoms with Crippen molar-refractivity contribution in [1.82, 2.24) is 5.32 Å². The summed E-state index contributed by atoms with van der Waals surface area (Å²) in [6, 6.07) is 15.6. The van der Waals surface area contributed by atoms with Crippen LogP contribution in [-0.2, 0) is 16.0 Å². The molecule has 1 unspecified atom stereocenters. The third kappa shape index (κ3) is 6.77. The molecule has 3 N–H and O–H groups in total. The van der Waals surface area contributed by atoms with Crippen molar-refractivity contribution >= 4 is 17.5 Å². The van der Waals surface area contributed by atoms with Gasteiger partial charge in [-0.1, -0.05) is 30.3 Å². The van der Waals surface area contributed by atoms with Gasteiger partial charge in [0.05, 0.1) is 6.54 Å². The van der Waals surface area contributed by atoms with E-state index in [0.717, 1.165) is 17.7 Å². The highest BCUT2D eigenvalue weighted by Crippen LogP contribution is 2.32. The van der Waals surface area contributed by atoms with E-state index >= 15 is 0 Å². The lowest BCUT2D eigenvalue weighted by molar-refractivity contribution is -0.881. The Labute approximate surface area is 177 Å². The van der Waals surface area contributed by atoms with Crippen LogP contribution in [0.4, 0.5) is 5.69 Å². The zero-order chi connectivity index (χ0) is 21.2. The average Bonchev–Trinajstić information content (AvgIpc) is 2.77. The molecule has 1 aliphatic heterocycles. The molecule has 0 aromatic heterocycles. The van der Waals surface area contributed by atoms with Crippen LogP contribution in [0.1, 0.15) is 18.9 Å². The van der Waals surface area contributed by atoms with Gasteiger partial charge in [0.15, 0.2) is 24.6 Å². The number of rotatable bonds is 10. The minimum atomic E-state index is -0.139. The molecule has 2 amide bonds. The molecular weight excluding hydrogens is 382 g/mol. The summed E-state index contributed by atoms with van der Waals surface area (Å²) in [5, 5.41) is 5.83. The van der Waals surface area contributed by atoms with E-state index in [1.54, 1.807) is 18.2 Å². The molecule has 1 aliphatic rings. The molecule has 0 spiro atoms. The van der Waals surface area contributed by atoms with E-state index in [4.69, 9.17) is 9.47 Å². The van der Waals surface area contributed by atoms with Crippen LogP contribution in [0.3, 0.4) is 0 Å². The van der Waals surface area contributed by atoms with Gasteiger partial charge < -0.3 is 25.0 Å². The van der Waals surface area contributed by atoms with E-state index in [9.17, 15) is 9.59 Å². The van der Waals surface area contributed by atoms with Gasteiger partial charge in [0.1, 0.15) is 13.2 Å². The number of quaternary nitrogens is 1. The Morgan fingerprint density at radius 3 is 2.47 bits per heavy atom. The molecule has 0 radical (unpaired) electrons. The standard InChI is InChI=1S/C23H29N3O4/c1-2-26(16-22(27)24-12-6-9-18-7-4-3-5-8-18)17-23(28)25-19-10-11-20-21(15-19)30-14-13-29-20/h3-5,7-8,10-11,15H,2,6,9,12-14,16-17H2,1H3,(H,24,27)(H,25,28)/p+1. The summed E-state index contributed by atoms with van der Waals surface area (Å²) in [5.74, 6) is 1.14. The summed E-state index contributed by atoms with van der Waals surface area (Å²) in [4.78, 5) is 25.6. The highest BCUT2D eigenvalue weighted by atomic mass is 16.6. The molecule has 1 atom stereocenters. The third-order valence-electron chi connectivity index (χ3n) is 4.95. The molecule has 2 aromatic rings. The summed E-state index contributed by atoms with van der Waals surface area (Å²) in [5.41, 5.74) is 1.92. The van der Waals surface area contributed by atoms with Crippen molar-refractivity contribution in [2.45, 2.75) is 19.8 Å². The predicted octanol–water partition coefficient (Wildman–Crippen LogP) is 1.05. The summed E-state index contributed by atoms with van der Waals surface area (Å²) in [6.45, 7) is 4.81. The first kappa shape index (κ1) is 21.6. The molecule has 2 aromatic carbocycles. The Kier molecular flexibility index (Phi) is 8.09. The van der Waals surface area contributed by atoms with Gasteiger partial charge in [0, 0.05) is 18.3 Å². The molecular formula is C23H30N3O4+. The summed E-state index contributed by atoms with van der Waals surface area (Å²) in [7, 11) is 0. The lowest BCUT2D eigenvalue weighted by Crippen LogP contribution is -3.14. The van der Waals surface area contributed by atoms with E-state index in [1.165, 1.54) is 5.56 Å². The Balaban J connectivity index is 1.38. The van der Waals surface area contributed by atoms with Crippen LogP contribution in [0, 0.1) is 0 Å². The number of ether oxygens (including phenoxy) is 2. The first-order chi connectivity index (χ1) is 14.6. The molecule has 0 saturated heterocycles. The number of hydrogen-bond acceptors (Lipinski definition) is 4. The smallest absolute Gasteiger partial charge is 0.279 e. The fourth-order valence-electron chi connectivity index (χ4n) is 3.32. The van der Waals surface area contributed by atoms with Gasteiger partial charge in [0.25, 0.3) is 11.8 Å². The lowest BCUT2D eigenvalue weighted by Gasteiger charge is -2.20. The number of aryl methyl sites for hydroxylation is 1. The molecule has 7 nitrogen and oxygen atoms in total. The highest BCUT2D eigenvalue weighted by molar-refractivity contribution is 5.92. The maximum absolute atomic E-state index is 12.4. The van der Waals surface area contributed by atoms with E-state index in [1.807, 2.05) is 25.1 Å². The SMILES string of the molecule is CC[NH+](CC(=O)NCCCc1ccccc1)CC(=O)Nc1ccc2c(c1)OCCO2. The summed E-state index contributed by atoms with van der Waals surface area (Å²) in [6.07, 6.45) is 1.82.